The molecule has 1 aromatic rings. The van der Waals surface area contributed by atoms with Gasteiger partial charge in [0.25, 0.3) is 0 Å². The summed E-state index contributed by atoms with van der Waals surface area (Å²) in [5, 5.41) is 11.1. The monoisotopic (exact) mass is 198 g/mol. The number of oxime groups is 1. The Labute approximate surface area is 82.1 Å². The van der Waals surface area contributed by atoms with E-state index in [1.165, 1.54) is 0 Å². The van der Waals surface area contributed by atoms with E-state index in [4.69, 9.17) is 20.1 Å². The molecule has 1 rings (SSSR count). The topological polar surface area (TPSA) is 81.0 Å². The van der Waals surface area contributed by atoms with Gasteiger partial charge in [0.1, 0.15) is 18.2 Å². The summed E-state index contributed by atoms with van der Waals surface area (Å²) in [5.74, 6) is 1.03. The molecule has 1 aromatic heterocycles. The fourth-order valence-corrected chi connectivity index (χ4v) is 0.973. The average molecular weight is 198 g/mol. The van der Waals surface area contributed by atoms with Crippen LogP contribution in [0.5, 0.6) is 0 Å². The molecule has 5 heteroatoms. The molecule has 0 saturated heterocycles. The fraction of sp³-hybridized carbons (Fsp3) is 0.444. The van der Waals surface area contributed by atoms with Gasteiger partial charge in [-0.25, -0.2) is 0 Å². The Morgan fingerprint density at radius 3 is 3.14 bits per heavy atom. The first-order chi connectivity index (χ1) is 6.83. The number of nitrogens with two attached hydrogens (primary N) is 1. The van der Waals surface area contributed by atoms with Crippen molar-refractivity contribution in [2.24, 2.45) is 10.9 Å². The van der Waals surface area contributed by atoms with E-state index in [0.29, 0.717) is 19.6 Å². The lowest BCUT2D eigenvalue weighted by atomic mass is 10.3. The summed E-state index contributed by atoms with van der Waals surface area (Å²) in [6.45, 7) is 1.03. The molecule has 3 N–H and O–H groups in total. The number of hydrogen-bond acceptors (Lipinski definition) is 4. The van der Waals surface area contributed by atoms with Crippen LogP contribution in [0.15, 0.2) is 28.0 Å². The molecule has 14 heavy (non-hydrogen) atoms. The smallest absolute Gasteiger partial charge is 0.139 e. The van der Waals surface area contributed by atoms with Crippen LogP contribution in [0.25, 0.3) is 0 Å². The van der Waals surface area contributed by atoms with Crippen LogP contribution in [0, 0.1) is 0 Å². The van der Waals surface area contributed by atoms with Crippen molar-refractivity contribution in [1.29, 1.82) is 0 Å². The van der Waals surface area contributed by atoms with E-state index in [1.807, 2.05) is 12.1 Å². The highest BCUT2D eigenvalue weighted by molar-refractivity contribution is 5.79. The molecule has 0 aliphatic carbocycles. The molecule has 0 radical (unpaired) electrons. The third-order valence-electron chi connectivity index (χ3n) is 1.67. The second-order valence-corrected chi connectivity index (χ2v) is 2.83. The zero-order valence-corrected chi connectivity index (χ0v) is 7.85. The Bertz CT molecular complexity index is 270. The zero-order valence-electron chi connectivity index (χ0n) is 7.85. The number of ether oxygens (including phenoxy) is 1. The maximum atomic E-state index is 8.25. The van der Waals surface area contributed by atoms with E-state index in [1.54, 1.807) is 6.26 Å². The fourth-order valence-electron chi connectivity index (χ4n) is 0.973. The molecule has 0 fully saturated rings. The van der Waals surface area contributed by atoms with Crippen molar-refractivity contribution in [2.75, 3.05) is 6.61 Å². The Kier molecular flexibility index (Phi) is 4.57. The Hall–Kier alpha value is -1.49. The summed E-state index contributed by atoms with van der Waals surface area (Å²) < 4.78 is 10.4. The summed E-state index contributed by atoms with van der Waals surface area (Å²) >= 11 is 0. The van der Waals surface area contributed by atoms with Crippen LogP contribution in [0.3, 0.4) is 0 Å². The van der Waals surface area contributed by atoms with Gasteiger partial charge < -0.3 is 20.1 Å². The van der Waals surface area contributed by atoms with Crippen molar-refractivity contribution in [3.05, 3.63) is 24.2 Å². The lowest BCUT2D eigenvalue weighted by Gasteiger charge is -2.01. The van der Waals surface area contributed by atoms with Crippen molar-refractivity contribution >= 4 is 5.84 Å². The molecule has 0 aromatic carbocycles. The summed E-state index contributed by atoms with van der Waals surface area (Å²) in [7, 11) is 0. The summed E-state index contributed by atoms with van der Waals surface area (Å²) in [5.41, 5.74) is 5.28. The second-order valence-electron chi connectivity index (χ2n) is 2.83. The van der Waals surface area contributed by atoms with Crippen LogP contribution in [0.2, 0.25) is 0 Å². The number of hydrogen-bond donors (Lipinski definition) is 2. The maximum absolute atomic E-state index is 8.25. The van der Waals surface area contributed by atoms with E-state index >= 15 is 0 Å². The highest BCUT2D eigenvalue weighted by Gasteiger charge is 1.96. The molecule has 5 nitrogen and oxygen atoms in total. The summed E-state index contributed by atoms with van der Waals surface area (Å²) in [4.78, 5) is 0. The molecule has 0 unspecified atom stereocenters. The molecule has 0 aliphatic heterocycles. The van der Waals surface area contributed by atoms with Gasteiger partial charge in [0.2, 0.25) is 0 Å². The molecule has 0 bridgehead atoms. The van der Waals surface area contributed by atoms with Gasteiger partial charge in [-0.15, -0.1) is 0 Å². The third-order valence-corrected chi connectivity index (χ3v) is 1.67. The molecular weight excluding hydrogens is 184 g/mol. The predicted octanol–water partition coefficient (Wildman–Crippen LogP) is 1.32. The standard InChI is InChI=1S/C9H14N2O3/c10-9(11-12)4-2-5-13-7-8-3-1-6-14-8/h1,3,6,12H,2,4-5,7H2,(H2,10,11). The second kappa shape index (κ2) is 6.04. The number of nitrogens with zero attached hydrogens (tertiary/aromatic N) is 1. The first kappa shape index (κ1) is 10.6. The Morgan fingerprint density at radius 2 is 2.50 bits per heavy atom. The lowest BCUT2D eigenvalue weighted by molar-refractivity contribution is 0.105. The molecular formula is C9H14N2O3. The molecule has 0 atom stereocenters. The van der Waals surface area contributed by atoms with Crippen LogP contribution in [0.4, 0.5) is 0 Å². The number of furan rings is 1. The molecule has 1 heterocycles. The van der Waals surface area contributed by atoms with Crippen LogP contribution in [-0.4, -0.2) is 17.6 Å². The van der Waals surface area contributed by atoms with E-state index in [-0.39, 0.29) is 5.84 Å². The third kappa shape index (κ3) is 3.95. The number of amidine groups is 1. The first-order valence-electron chi connectivity index (χ1n) is 4.39. The SMILES string of the molecule is N/C(CCCOCc1ccco1)=N\O. The quantitative estimate of drug-likeness (QED) is 0.237. The van der Waals surface area contributed by atoms with Crippen LogP contribution in [-0.2, 0) is 11.3 Å². The van der Waals surface area contributed by atoms with Gasteiger partial charge >= 0.3 is 0 Å². The van der Waals surface area contributed by atoms with E-state index in [9.17, 15) is 0 Å². The van der Waals surface area contributed by atoms with E-state index in [2.05, 4.69) is 5.16 Å². The highest BCUT2D eigenvalue weighted by Crippen LogP contribution is 2.02. The van der Waals surface area contributed by atoms with Crippen molar-refractivity contribution in [3.63, 3.8) is 0 Å². The number of rotatable bonds is 6. The van der Waals surface area contributed by atoms with Gasteiger partial charge in [-0.2, -0.15) is 0 Å². The predicted molar refractivity (Wildman–Crippen MR) is 51.0 cm³/mol. The minimum absolute atomic E-state index is 0.228. The lowest BCUT2D eigenvalue weighted by Crippen LogP contribution is -2.12. The van der Waals surface area contributed by atoms with Crippen molar-refractivity contribution in [1.82, 2.24) is 0 Å². The molecule has 0 saturated carbocycles. The summed E-state index contributed by atoms with van der Waals surface area (Å²) in [6.07, 6.45) is 2.88. The van der Waals surface area contributed by atoms with Crippen LogP contribution in [0.1, 0.15) is 18.6 Å². The van der Waals surface area contributed by atoms with Gasteiger partial charge in [0.05, 0.1) is 6.26 Å². The van der Waals surface area contributed by atoms with E-state index in [0.717, 1.165) is 12.2 Å². The van der Waals surface area contributed by atoms with Gasteiger partial charge in [-0.05, 0) is 18.6 Å². The first-order valence-corrected chi connectivity index (χ1v) is 4.39. The normalized spacial score (nSPS) is 11.9. The molecule has 0 amide bonds. The molecule has 0 aliphatic rings. The molecule has 0 spiro atoms. The molecule has 78 valence electrons. The van der Waals surface area contributed by atoms with Gasteiger partial charge in [-0.3, -0.25) is 0 Å². The van der Waals surface area contributed by atoms with E-state index < -0.39 is 0 Å². The highest BCUT2D eigenvalue weighted by atomic mass is 16.5. The van der Waals surface area contributed by atoms with Gasteiger partial charge in [-0.1, -0.05) is 5.16 Å². The van der Waals surface area contributed by atoms with Crippen LogP contribution < -0.4 is 5.73 Å². The van der Waals surface area contributed by atoms with Crippen molar-refractivity contribution in [2.45, 2.75) is 19.4 Å². The van der Waals surface area contributed by atoms with Crippen LogP contribution >= 0.6 is 0 Å². The minimum atomic E-state index is 0.228. The Balaban J connectivity index is 2.00. The minimum Gasteiger partial charge on any atom is -0.467 e. The van der Waals surface area contributed by atoms with Gasteiger partial charge in [0.15, 0.2) is 0 Å². The Morgan fingerprint density at radius 1 is 1.64 bits per heavy atom. The van der Waals surface area contributed by atoms with Crippen molar-refractivity contribution < 1.29 is 14.4 Å². The zero-order chi connectivity index (χ0) is 10.2. The maximum Gasteiger partial charge on any atom is 0.139 e. The van der Waals surface area contributed by atoms with Gasteiger partial charge in [0, 0.05) is 13.0 Å². The van der Waals surface area contributed by atoms with Crippen molar-refractivity contribution in [3.8, 4) is 0 Å². The summed E-state index contributed by atoms with van der Waals surface area (Å²) in [6, 6.07) is 3.67. The average Bonchev–Trinajstić information content (AvgIpc) is 2.69. The largest absolute Gasteiger partial charge is 0.467 e.